The molecule has 0 aromatic carbocycles. The molecule has 0 heterocycles. The van der Waals surface area contributed by atoms with Crippen LogP contribution in [0.15, 0.2) is 0 Å². The first-order valence-electron chi connectivity index (χ1n) is 8.01. The molecule has 2 aliphatic carbocycles. The second-order valence-corrected chi connectivity index (χ2v) is 7.61. The van der Waals surface area contributed by atoms with Gasteiger partial charge < -0.3 is 10.6 Å². The summed E-state index contributed by atoms with van der Waals surface area (Å²) < 4.78 is 0. The second kappa shape index (κ2) is 6.88. The zero-order valence-corrected chi connectivity index (χ0v) is 13.6. The Morgan fingerprint density at radius 3 is 2.60 bits per heavy atom. The molecule has 2 fully saturated rings. The molecule has 20 heavy (non-hydrogen) atoms. The number of nitrogens with zero attached hydrogens (tertiary/aromatic N) is 1. The fourth-order valence-electron chi connectivity index (χ4n) is 3.98. The Morgan fingerprint density at radius 1 is 1.35 bits per heavy atom. The van der Waals surface area contributed by atoms with Gasteiger partial charge in [-0.2, -0.15) is 0 Å². The summed E-state index contributed by atoms with van der Waals surface area (Å²) in [5, 5.41) is 0. The van der Waals surface area contributed by atoms with Crippen molar-refractivity contribution in [3.8, 4) is 0 Å². The van der Waals surface area contributed by atoms with Crippen molar-refractivity contribution in [1.82, 2.24) is 4.90 Å². The molecule has 3 atom stereocenters. The Bertz CT molecular complexity index is 369. The van der Waals surface area contributed by atoms with Gasteiger partial charge >= 0.3 is 0 Å². The standard InChI is InChI=1S/C16H28N2OS/c1-11(2)10-18(6-5-15(17)20)16(19)9-14-8-12-3-4-13(14)7-12/h11-14H,3-10H2,1-2H3,(H2,17,20). The van der Waals surface area contributed by atoms with Crippen molar-refractivity contribution in [2.24, 2.45) is 29.4 Å². The van der Waals surface area contributed by atoms with Crippen molar-refractivity contribution in [2.45, 2.75) is 52.4 Å². The quantitative estimate of drug-likeness (QED) is 0.735. The summed E-state index contributed by atoms with van der Waals surface area (Å²) in [7, 11) is 0. The Labute approximate surface area is 128 Å². The Balaban J connectivity index is 1.86. The van der Waals surface area contributed by atoms with Gasteiger partial charge in [0.25, 0.3) is 0 Å². The van der Waals surface area contributed by atoms with Crippen LogP contribution in [0.2, 0.25) is 0 Å². The molecule has 2 rings (SSSR count). The van der Waals surface area contributed by atoms with Crippen LogP contribution < -0.4 is 5.73 Å². The first-order chi connectivity index (χ1) is 9.45. The fraction of sp³-hybridized carbons (Fsp3) is 0.875. The van der Waals surface area contributed by atoms with E-state index in [4.69, 9.17) is 18.0 Å². The summed E-state index contributed by atoms with van der Waals surface area (Å²) in [6, 6.07) is 0. The van der Waals surface area contributed by atoms with Gasteiger partial charge in [-0.3, -0.25) is 4.79 Å². The van der Waals surface area contributed by atoms with Crippen LogP contribution in [0.4, 0.5) is 0 Å². The lowest BCUT2D eigenvalue weighted by atomic mass is 9.86. The lowest BCUT2D eigenvalue weighted by molar-refractivity contribution is -0.133. The van der Waals surface area contributed by atoms with Crippen molar-refractivity contribution < 1.29 is 4.79 Å². The smallest absolute Gasteiger partial charge is 0.222 e. The zero-order valence-electron chi connectivity index (χ0n) is 12.8. The van der Waals surface area contributed by atoms with Gasteiger partial charge in [-0.05, 0) is 42.9 Å². The van der Waals surface area contributed by atoms with Crippen molar-refractivity contribution in [3.63, 3.8) is 0 Å². The van der Waals surface area contributed by atoms with Crippen LogP contribution in [0.25, 0.3) is 0 Å². The SMILES string of the molecule is CC(C)CN(CCC(N)=S)C(=O)CC1CC2CCC1C2. The summed E-state index contributed by atoms with van der Waals surface area (Å²) in [5.74, 6) is 3.17. The lowest BCUT2D eigenvalue weighted by Gasteiger charge is -2.28. The van der Waals surface area contributed by atoms with E-state index in [1.807, 2.05) is 4.90 Å². The molecule has 4 heteroatoms. The van der Waals surface area contributed by atoms with Crippen LogP contribution in [0.1, 0.15) is 52.4 Å². The number of rotatable bonds is 7. The Morgan fingerprint density at radius 2 is 2.10 bits per heavy atom. The minimum absolute atomic E-state index is 0.313. The van der Waals surface area contributed by atoms with Crippen LogP contribution in [0, 0.1) is 23.7 Å². The Hall–Kier alpha value is -0.640. The molecule has 2 N–H and O–H groups in total. The van der Waals surface area contributed by atoms with Crippen molar-refractivity contribution in [1.29, 1.82) is 0 Å². The molecule has 2 saturated carbocycles. The molecule has 3 unspecified atom stereocenters. The molecule has 0 aromatic heterocycles. The topological polar surface area (TPSA) is 46.3 Å². The molecule has 0 aromatic rings. The van der Waals surface area contributed by atoms with Crippen LogP contribution in [0.3, 0.4) is 0 Å². The maximum Gasteiger partial charge on any atom is 0.222 e. The maximum absolute atomic E-state index is 12.6. The van der Waals surface area contributed by atoms with Crippen LogP contribution in [-0.4, -0.2) is 28.9 Å². The minimum Gasteiger partial charge on any atom is -0.393 e. The maximum atomic E-state index is 12.6. The highest BCUT2D eigenvalue weighted by atomic mass is 32.1. The van der Waals surface area contributed by atoms with Gasteiger partial charge in [0, 0.05) is 25.9 Å². The monoisotopic (exact) mass is 296 g/mol. The molecule has 0 aliphatic heterocycles. The van der Waals surface area contributed by atoms with Crippen molar-refractivity contribution in [2.75, 3.05) is 13.1 Å². The van der Waals surface area contributed by atoms with E-state index in [0.717, 1.165) is 24.8 Å². The van der Waals surface area contributed by atoms with Gasteiger partial charge in [-0.1, -0.05) is 32.5 Å². The molecule has 114 valence electrons. The molecule has 2 aliphatic rings. The molecule has 1 amide bonds. The molecule has 2 bridgehead atoms. The number of thiocarbonyl (C=S) groups is 1. The Kier molecular flexibility index (Phi) is 5.42. The van der Waals surface area contributed by atoms with Crippen LogP contribution in [-0.2, 0) is 4.79 Å². The minimum atomic E-state index is 0.313. The molecule has 3 nitrogen and oxygen atoms in total. The summed E-state index contributed by atoms with van der Waals surface area (Å²) in [5.41, 5.74) is 5.58. The summed E-state index contributed by atoms with van der Waals surface area (Å²) >= 11 is 4.94. The lowest BCUT2D eigenvalue weighted by Crippen LogP contribution is -2.37. The third kappa shape index (κ3) is 4.18. The summed E-state index contributed by atoms with van der Waals surface area (Å²) in [6.07, 6.45) is 6.78. The molecule has 0 spiro atoms. The molecule has 0 saturated heterocycles. The van der Waals surface area contributed by atoms with E-state index < -0.39 is 0 Å². The van der Waals surface area contributed by atoms with Gasteiger partial charge in [0.2, 0.25) is 5.91 Å². The highest BCUT2D eigenvalue weighted by Crippen LogP contribution is 2.49. The highest BCUT2D eigenvalue weighted by molar-refractivity contribution is 7.80. The third-order valence-electron chi connectivity index (χ3n) is 4.89. The van der Waals surface area contributed by atoms with E-state index in [2.05, 4.69) is 13.8 Å². The average molecular weight is 296 g/mol. The highest BCUT2D eigenvalue weighted by Gasteiger charge is 2.40. The predicted octanol–water partition coefficient (Wildman–Crippen LogP) is 2.97. The van der Waals surface area contributed by atoms with Gasteiger partial charge in [0.05, 0.1) is 4.99 Å². The third-order valence-corrected chi connectivity index (χ3v) is 5.09. The van der Waals surface area contributed by atoms with E-state index in [9.17, 15) is 4.79 Å². The fourth-order valence-corrected chi connectivity index (χ4v) is 4.07. The van der Waals surface area contributed by atoms with Gasteiger partial charge in [-0.25, -0.2) is 0 Å². The number of hydrogen-bond acceptors (Lipinski definition) is 2. The predicted molar refractivity (Wildman–Crippen MR) is 86.4 cm³/mol. The van der Waals surface area contributed by atoms with E-state index in [1.54, 1.807) is 0 Å². The van der Waals surface area contributed by atoms with Crippen LogP contribution in [0.5, 0.6) is 0 Å². The van der Waals surface area contributed by atoms with E-state index in [0.29, 0.717) is 35.7 Å². The van der Waals surface area contributed by atoms with E-state index >= 15 is 0 Å². The van der Waals surface area contributed by atoms with Crippen molar-refractivity contribution >= 4 is 23.1 Å². The number of hydrogen-bond donors (Lipinski definition) is 1. The zero-order chi connectivity index (χ0) is 14.7. The molecular formula is C16H28N2OS. The van der Waals surface area contributed by atoms with E-state index in [1.165, 1.54) is 25.7 Å². The van der Waals surface area contributed by atoms with Gasteiger partial charge in [0.15, 0.2) is 0 Å². The largest absolute Gasteiger partial charge is 0.393 e. The average Bonchev–Trinajstić information content (AvgIpc) is 2.95. The number of carbonyl (C=O) groups is 1. The number of carbonyl (C=O) groups excluding carboxylic acids is 1. The normalized spacial score (nSPS) is 28.1. The first-order valence-corrected chi connectivity index (χ1v) is 8.42. The van der Waals surface area contributed by atoms with Crippen molar-refractivity contribution in [3.05, 3.63) is 0 Å². The van der Waals surface area contributed by atoms with Crippen LogP contribution >= 0.6 is 12.2 Å². The van der Waals surface area contributed by atoms with Gasteiger partial charge in [-0.15, -0.1) is 0 Å². The van der Waals surface area contributed by atoms with Gasteiger partial charge in [0.1, 0.15) is 0 Å². The first kappa shape index (κ1) is 15.7. The number of amides is 1. The second-order valence-electron chi connectivity index (χ2n) is 7.09. The summed E-state index contributed by atoms with van der Waals surface area (Å²) in [4.78, 5) is 15.1. The molecule has 0 radical (unpaired) electrons. The number of fused-ring (bicyclic) bond motifs is 2. The molecular weight excluding hydrogens is 268 g/mol. The van der Waals surface area contributed by atoms with E-state index in [-0.39, 0.29) is 0 Å². The summed E-state index contributed by atoms with van der Waals surface area (Å²) in [6.45, 7) is 5.81. The number of nitrogens with two attached hydrogens (primary N) is 1.